The van der Waals surface area contributed by atoms with E-state index in [1.54, 1.807) is 0 Å². The highest BCUT2D eigenvalue weighted by atomic mass is 16.7. The summed E-state index contributed by atoms with van der Waals surface area (Å²) >= 11 is 0. The van der Waals surface area contributed by atoms with Crippen molar-refractivity contribution in [2.24, 2.45) is 0 Å². The summed E-state index contributed by atoms with van der Waals surface area (Å²) in [4.78, 5) is 35.8. The molecule has 0 unspecified atom stereocenters. The van der Waals surface area contributed by atoms with Crippen LogP contribution in [0.5, 0.6) is 0 Å². The summed E-state index contributed by atoms with van der Waals surface area (Å²) in [5, 5.41) is 0. The molecule has 3 aromatic carbocycles. The number of hydrogen-bond acceptors (Lipinski definition) is 13. The maximum atomic E-state index is 12.1. The molecule has 0 bridgehead atoms. The zero-order valence-electron chi connectivity index (χ0n) is 30.4. The molecular weight excluding hydrogens is 688 g/mol. The Balaban J connectivity index is 1.41. The smallest absolute Gasteiger partial charge is 0.303 e. The quantitative estimate of drug-likeness (QED) is 0.140. The van der Waals surface area contributed by atoms with E-state index in [2.05, 4.69) is 0 Å². The van der Waals surface area contributed by atoms with Gasteiger partial charge in [-0.05, 0) is 16.7 Å². The Morgan fingerprint density at radius 1 is 0.566 bits per heavy atom. The van der Waals surface area contributed by atoms with Gasteiger partial charge in [0, 0.05) is 34.3 Å². The fraction of sp³-hybridized carbons (Fsp3) is 0.475. The van der Waals surface area contributed by atoms with Gasteiger partial charge in [-0.2, -0.15) is 0 Å². The van der Waals surface area contributed by atoms with Crippen molar-refractivity contribution in [3.63, 3.8) is 0 Å². The van der Waals surface area contributed by atoms with Crippen LogP contribution in [0.1, 0.15) is 43.9 Å². The van der Waals surface area contributed by atoms with Crippen LogP contribution in [-0.4, -0.2) is 93.5 Å². The Hall–Kier alpha value is -4.21. The molecule has 13 heteroatoms. The van der Waals surface area contributed by atoms with Gasteiger partial charge in [0.15, 0.2) is 18.7 Å². The summed E-state index contributed by atoms with van der Waals surface area (Å²) in [6.45, 7) is 4.15. The van der Waals surface area contributed by atoms with E-state index in [9.17, 15) is 14.4 Å². The Kier molecular flexibility index (Phi) is 15.3. The molecule has 53 heavy (non-hydrogen) atoms. The van der Waals surface area contributed by atoms with E-state index in [-0.39, 0.29) is 39.5 Å². The molecule has 0 aliphatic carbocycles. The Morgan fingerprint density at radius 3 is 1.55 bits per heavy atom. The molecule has 3 aromatic rings. The van der Waals surface area contributed by atoms with Gasteiger partial charge in [-0.15, -0.1) is 0 Å². The molecule has 5 rings (SSSR count). The fourth-order valence-corrected chi connectivity index (χ4v) is 6.28. The van der Waals surface area contributed by atoms with E-state index >= 15 is 0 Å². The van der Waals surface area contributed by atoms with Gasteiger partial charge < -0.3 is 47.4 Å². The summed E-state index contributed by atoms with van der Waals surface area (Å²) in [6, 6.07) is 29.3. The lowest BCUT2D eigenvalue weighted by Gasteiger charge is -2.46. The molecule has 2 heterocycles. The van der Waals surface area contributed by atoms with E-state index in [4.69, 9.17) is 47.4 Å². The second kappa shape index (κ2) is 20.3. The second-order valence-electron chi connectivity index (χ2n) is 12.8. The lowest BCUT2D eigenvalue weighted by molar-refractivity contribution is -0.333. The average Bonchev–Trinajstić information content (AvgIpc) is 3.15. The van der Waals surface area contributed by atoms with Crippen molar-refractivity contribution in [2.45, 2.75) is 102 Å². The van der Waals surface area contributed by atoms with Crippen molar-refractivity contribution in [2.75, 3.05) is 20.3 Å². The first-order chi connectivity index (χ1) is 25.7. The third-order valence-electron chi connectivity index (χ3n) is 8.68. The van der Waals surface area contributed by atoms with Gasteiger partial charge in [0.2, 0.25) is 0 Å². The van der Waals surface area contributed by atoms with Crippen molar-refractivity contribution in [3.8, 4) is 0 Å². The Labute approximate surface area is 309 Å². The van der Waals surface area contributed by atoms with Gasteiger partial charge in [0.05, 0.1) is 26.4 Å². The average molecular weight is 737 g/mol. The van der Waals surface area contributed by atoms with Gasteiger partial charge in [0.25, 0.3) is 0 Å². The van der Waals surface area contributed by atoms with E-state index in [1.807, 2.05) is 91.0 Å². The molecule has 2 saturated heterocycles. The Bertz CT molecular complexity index is 1560. The maximum Gasteiger partial charge on any atom is 0.303 e. The fourth-order valence-electron chi connectivity index (χ4n) is 6.28. The summed E-state index contributed by atoms with van der Waals surface area (Å²) in [6.07, 6.45) is -7.73. The normalized spacial score (nSPS) is 27.1. The summed E-state index contributed by atoms with van der Waals surface area (Å²) in [5.41, 5.74) is 2.86. The number of benzene rings is 3. The third kappa shape index (κ3) is 12.2. The zero-order chi connectivity index (χ0) is 37.6. The van der Waals surface area contributed by atoms with Crippen molar-refractivity contribution in [3.05, 3.63) is 108 Å². The summed E-state index contributed by atoms with van der Waals surface area (Å²) in [7, 11) is 1.53. The largest absolute Gasteiger partial charge is 0.463 e. The lowest BCUT2D eigenvalue weighted by atomic mass is 9.97. The van der Waals surface area contributed by atoms with Crippen LogP contribution in [-0.2, 0) is 81.6 Å². The first kappa shape index (κ1) is 40.0. The van der Waals surface area contributed by atoms with Gasteiger partial charge in [-0.25, -0.2) is 0 Å². The number of hydrogen-bond donors (Lipinski definition) is 0. The molecule has 13 nitrogen and oxygen atoms in total. The number of methoxy groups -OCH3 is 1. The van der Waals surface area contributed by atoms with Crippen LogP contribution in [0.4, 0.5) is 0 Å². The van der Waals surface area contributed by atoms with Gasteiger partial charge in [-0.3, -0.25) is 14.4 Å². The molecule has 0 amide bonds. The molecule has 286 valence electrons. The highest BCUT2D eigenvalue weighted by Gasteiger charge is 2.50. The van der Waals surface area contributed by atoms with Crippen LogP contribution >= 0.6 is 0 Å². The van der Waals surface area contributed by atoms with E-state index < -0.39 is 73.2 Å². The topological polar surface area (TPSA) is 144 Å². The van der Waals surface area contributed by atoms with Crippen LogP contribution in [0.25, 0.3) is 0 Å². The van der Waals surface area contributed by atoms with Crippen molar-refractivity contribution < 1.29 is 61.8 Å². The molecule has 0 spiro atoms. The van der Waals surface area contributed by atoms with E-state index in [0.717, 1.165) is 16.7 Å². The van der Waals surface area contributed by atoms with E-state index in [1.165, 1.54) is 27.9 Å². The highest BCUT2D eigenvalue weighted by Crippen LogP contribution is 2.33. The molecule has 2 aliphatic rings. The minimum absolute atomic E-state index is 0.0147. The van der Waals surface area contributed by atoms with Gasteiger partial charge in [0.1, 0.15) is 43.2 Å². The predicted octanol–water partition coefficient (Wildman–Crippen LogP) is 4.67. The second-order valence-corrected chi connectivity index (χ2v) is 12.8. The van der Waals surface area contributed by atoms with E-state index in [0.29, 0.717) is 0 Å². The lowest BCUT2D eigenvalue weighted by Crippen LogP contribution is -2.62. The molecule has 0 radical (unpaired) electrons. The molecule has 9 atom stereocenters. The van der Waals surface area contributed by atoms with Gasteiger partial charge >= 0.3 is 17.9 Å². The van der Waals surface area contributed by atoms with Crippen molar-refractivity contribution in [1.29, 1.82) is 0 Å². The van der Waals surface area contributed by atoms with Gasteiger partial charge in [-0.1, -0.05) is 91.0 Å². The Morgan fingerprint density at radius 2 is 1.06 bits per heavy atom. The minimum atomic E-state index is -1.04. The van der Waals surface area contributed by atoms with Crippen LogP contribution in [0.15, 0.2) is 91.0 Å². The zero-order valence-corrected chi connectivity index (χ0v) is 30.4. The SMILES string of the molecule is CO[C@H]1O[C@H](CO[C@@H]2C[C@@H](OC(C)=O)[C@@H](OC(C)=O)[C@@H](COC(C)=O)O2)[C@@H](OCc2ccccc2)[C@H](OCc2ccccc2)[C@H]1OCc1ccccc1. The number of esters is 3. The van der Waals surface area contributed by atoms with Crippen LogP contribution in [0.3, 0.4) is 0 Å². The first-order valence-corrected chi connectivity index (χ1v) is 17.6. The van der Waals surface area contributed by atoms with Crippen molar-refractivity contribution >= 4 is 17.9 Å². The molecular formula is C40H48O13. The highest BCUT2D eigenvalue weighted by molar-refractivity contribution is 5.67. The van der Waals surface area contributed by atoms with Crippen molar-refractivity contribution in [1.82, 2.24) is 0 Å². The minimum Gasteiger partial charge on any atom is -0.463 e. The van der Waals surface area contributed by atoms with Crippen LogP contribution in [0, 0.1) is 0 Å². The summed E-state index contributed by atoms with van der Waals surface area (Å²) in [5.74, 6) is -1.77. The number of carbonyl (C=O) groups excluding carboxylic acids is 3. The monoisotopic (exact) mass is 736 g/mol. The number of rotatable bonds is 17. The van der Waals surface area contributed by atoms with Crippen LogP contribution < -0.4 is 0 Å². The predicted molar refractivity (Wildman–Crippen MR) is 188 cm³/mol. The molecule has 0 saturated carbocycles. The first-order valence-electron chi connectivity index (χ1n) is 17.6. The molecule has 2 aliphatic heterocycles. The molecule has 0 aromatic heterocycles. The number of carbonyl (C=O) groups is 3. The third-order valence-corrected chi connectivity index (χ3v) is 8.68. The van der Waals surface area contributed by atoms with Crippen LogP contribution in [0.2, 0.25) is 0 Å². The summed E-state index contributed by atoms with van der Waals surface area (Å²) < 4.78 is 60.9. The standard InChI is InChI=1S/C40H48O13/c1-26(41)45-24-33-36(51-28(3)43)32(50-27(2)42)20-35(52-33)46-25-34-37(47-21-29-14-8-5-9-15-29)38(48-22-30-16-10-6-11-17-30)39(40(44-4)53-34)49-23-31-18-12-7-13-19-31/h5-19,32-40H,20-25H2,1-4H3/t32-,33-,34-,35+,36-,37-,38+,39-,40+/m1/s1. The molecule has 0 N–H and O–H groups in total. The maximum absolute atomic E-state index is 12.1. The molecule has 2 fully saturated rings. The number of ether oxygens (including phenoxy) is 10.